The number of methoxy groups -OCH3 is 3. The Balaban J connectivity index is 0.980. The molecule has 3 amide bonds. The molecule has 2 saturated heterocycles. The molecule has 2 fully saturated rings. The Bertz CT molecular complexity index is 2720. The van der Waals surface area contributed by atoms with Crippen LogP contribution in [0.15, 0.2) is 79.0 Å². The minimum atomic E-state index is -0.953. The normalized spacial score (nSPS) is 20.8. The highest BCUT2D eigenvalue weighted by Gasteiger charge is 2.43. The summed E-state index contributed by atoms with van der Waals surface area (Å²) in [5, 5.41) is 19.1. The molecule has 2 aromatic heterocycles. The predicted octanol–water partition coefficient (Wildman–Crippen LogP) is 7.38. The number of hydrogen-bond donors (Lipinski definition) is 5. The van der Waals surface area contributed by atoms with Gasteiger partial charge in [-0.2, -0.15) is 0 Å². The molecule has 7 atom stereocenters. The third kappa shape index (κ3) is 8.49. The average Bonchev–Trinajstić information content (AvgIpc) is 4.15. The summed E-state index contributed by atoms with van der Waals surface area (Å²) in [5.41, 5.74) is 7.19. The van der Waals surface area contributed by atoms with E-state index in [0.717, 1.165) is 67.7 Å². The van der Waals surface area contributed by atoms with Crippen LogP contribution in [0.1, 0.15) is 74.5 Å². The number of carbonyl (C=O) groups is 3. The minimum absolute atomic E-state index is 0.0339. The van der Waals surface area contributed by atoms with Crippen LogP contribution in [-0.4, -0.2) is 106 Å². The van der Waals surface area contributed by atoms with E-state index in [1.807, 2.05) is 61.3 Å². The predicted molar refractivity (Wildman–Crippen MR) is 244 cm³/mol. The lowest BCUT2D eigenvalue weighted by Crippen LogP contribution is -2.54. The fourth-order valence-corrected chi connectivity index (χ4v) is 9.97. The summed E-state index contributed by atoms with van der Waals surface area (Å²) >= 11 is 0. The molecule has 0 saturated carbocycles. The molecule has 16 nitrogen and oxygen atoms in total. The van der Waals surface area contributed by atoms with Crippen molar-refractivity contribution in [1.29, 1.82) is 0 Å². The molecule has 9 rings (SSSR count). The third-order valence-corrected chi connectivity index (χ3v) is 13.2. The number of carbonyl (C=O) groups excluding carboxylic acids is 3. The number of aliphatic hydroxyl groups excluding tert-OH is 1. The van der Waals surface area contributed by atoms with E-state index in [1.54, 1.807) is 12.0 Å². The second kappa shape index (κ2) is 18.2. The summed E-state index contributed by atoms with van der Waals surface area (Å²) in [6.45, 7) is 8.02. The van der Waals surface area contributed by atoms with E-state index in [4.69, 9.17) is 28.9 Å². The highest BCUT2D eigenvalue weighted by molar-refractivity contribution is 6.07. The number of amides is 3. The van der Waals surface area contributed by atoms with Gasteiger partial charge >= 0.3 is 12.2 Å². The molecular formula is C49H56N8O8. The zero-order valence-electron chi connectivity index (χ0n) is 37.5. The maximum absolute atomic E-state index is 14.4. The van der Waals surface area contributed by atoms with Crippen LogP contribution in [0.4, 0.5) is 9.59 Å². The molecule has 65 heavy (non-hydrogen) atoms. The molecule has 340 valence electrons. The first-order chi connectivity index (χ1) is 31.4. The average molecular weight is 885 g/mol. The highest BCUT2D eigenvalue weighted by Crippen LogP contribution is 2.44. The van der Waals surface area contributed by atoms with Crippen LogP contribution >= 0.6 is 0 Å². The number of benzene rings is 4. The van der Waals surface area contributed by atoms with Gasteiger partial charge in [0.2, 0.25) is 0 Å². The molecule has 4 aromatic carbocycles. The third-order valence-electron chi connectivity index (χ3n) is 13.2. The van der Waals surface area contributed by atoms with Gasteiger partial charge in [0.15, 0.2) is 0 Å². The molecule has 5 N–H and O–H groups in total. The first kappa shape index (κ1) is 43.7. The van der Waals surface area contributed by atoms with Crippen LogP contribution in [0, 0.1) is 17.8 Å². The van der Waals surface area contributed by atoms with Crippen LogP contribution in [0.25, 0.3) is 44.2 Å². The number of likely N-dealkylation sites (tertiary alicyclic amines) is 2. The molecular weight excluding hydrogens is 829 g/mol. The number of fused-ring (bicyclic) bond motifs is 6. The van der Waals surface area contributed by atoms with Crippen molar-refractivity contribution >= 4 is 39.9 Å². The van der Waals surface area contributed by atoms with Gasteiger partial charge in [0.25, 0.3) is 5.91 Å². The molecule has 0 spiro atoms. The van der Waals surface area contributed by atoms with E-state index in [1.165, 1.54) is 14.2 Å². The molecule has 3 aliphatic heterocycles. The van der Waals surface area contributed by atoms with E-state index in [2.05, 4.69) is 63.9 Å². The Labute approximate surface area is 377 Å². The van der Waals surface area contributed by atoms with Crippen molar-refractivity contribution in [2.75, 3.05) is 41.0 Å². The van der Waals surface area contributed by atoms with Crippen molar-refractivity contribution in [3.05, 3.63) is 102 Å². The summed E-state index contributed by atoms with van der Waals surface area (Å²) in [5.74, 6) is 2.26. The standard InChI is InChI=1S/C49H56N8O8/c1-26(2)41(54-48(60)63-5)46(58)56-22-27(3)16-38(56)44-50-21-37(52-44)31-12-14-33-32(18-31)25-65-40-20-34-30(19-35(33)40)13-15-36-43(34)53-45(51-36)39-17-28(24-62-4)23-57(39)47(59)42(55-49(61)64-6)29-10-8-7-9-11-29/h7-15,18-21,26-28,38-39,41-42,46,58H,16-17,22-25H2,1-6H3,(H,50,52)(H,51,53)(H,54,60)(H,55,61). The quantitative estimate of drug-likeness (QED) is 0.0823. The number of ether oxygens (including phenoxy) is 4. The topological polar surface area (TPSA) is 196 Å². The zero-order valence-corrected chi connectivity index (χ0v) is 37.5. The second-order valence-electron chi connectivity index (χ2n) is 17.9. The van der Waals surface area contributed by atoms with Gasteiger partial charge in [-0.25, -0.2) is 19.6 Å². The Morgan fingerprint density at radius 3 is 2.43 bits per heavy atom. The van der Waals surface area contributed by atoms with Crippen molar-refractivity contribution in [2.45, 2.75) is 70.6 Å². The number of rotatable bonds is 12. The zero-order chi connectivity index (χ0) is 45.5. The molecule has 5 heterocycles. The number of imidazole rings is 2. The summed E-state index contributed by atoms with van der Waals surface area (Å²) in [4.78, 5) is 59.9. The number of alkyl carbamates (subject to hydrolysis) is 2. The maximum atomic E-state index is 14.4. The lowest BCUT2D eigenvalue weighted by Gasteiger charge is -2.35. The van der Waals surface area contributed by atoms with Gasteiger partial charge < -0.3 is 49.6 Å². The van der Waals surface area contributed by atoms with E-state index in [9.17, 15) is 19.5 Å². The summed E-state index contributed by atoms with van der Waals surface area (Å²) < 4.78 is 21.8. The summed E-state index contributed by atoms with van der Waals surface area (Å²) in [6.07, 6.45) is 1.07. The van der Waals surface area contributed by atoms with Gasteiger partial charge in [-0.1, -0.05) is 69.3 Å². The van der Waals surface area contributed by atoms with Crippen LogP contribution in [0.2, 0.25) is 0 Å². The second-order valence-corrected chi connectivity index (χ2v) is 17.9. The smallest absolute Gasteiger partial charge is 0.407 e. The van der Waals surface area contributed by atoms with E-state index >= 15 is 0 Å². The monoisotopic (exact) mass is 884 g/mol. The lowest BCUT2D eigenvalue weighted by atomic mass is 9.92. The molecule has 6 aromatic rings. The highest BCUT2D eigenvalue weighted by atomic mass is 16.5. The Morgan fingerprint density at radius 1 is 0.892 bits per heavy atom. The van der Waals surface area contributed by atoms with Gasteiger partial charge in [-0.05, 0) is 76.6 Å². The van der Waals surface area contributed by atoms with Gasteiger partial charge in [0.1, 0.15) is 36.3 Å². The first-order valence-corrected chi connectivity index (χ1v) is 22.2. The Hall–Kier alpha value is -6.49. The minimum Gasteiger partial charge on any atom is -0.488 e. The summed E-state index contributed by atoms with van der Waals surface area (Å²) in [6, 6.07) is 21.8. The number of aromatic nitrogens is 4. The van der Waals surface area contributed by atoms with Gasteiger partial charge in [-0.15, -0.1) is 0 Å². The van der Waals surface area contributed by atoms with Crippen molar-refractivity contribution in [3.63, 3.8) is 0 Å². The molecule has 7 unspecified atom stereocenters. The van der Waals surface area contributed by atoms with Gasteiger partial charge in [0, 0.05) is 37.1 Å². The number of aliphatic hydroxyl groups is 1. The van der Waals surface area contributed by atoms with Crippen LogP contribution < -0.4 is 15.4 Å². The maximum Gasteiger partial charge on any atom is 0.407 e. The molecule has 0 aliphatic carbocycles. The van der Waals surface area contributed by atoms with Crippen molar-refractivity contribution in [1.82, 2.24) is 40.4 Å². The van der Waals surface area contributed by atoms with E-state index in [-0.39, 0.29) is 23.8 Å². The first-order valence-electron chi connectivity index (χ1n) is 22.2. The van der Waals surface area contributed by atoms with Crippen LogP contribution in [0.5, 0.6) is 5.75 Å². The van der Waals surface area contributed by atoms with Gasteiger partial charge in [0.05, 0.1) is 61.9 Å². The molecule has 3 aliphatic rings. The van der Waals surface area contributed by atoms with Crippen LogP contribution in [-0.2, 0) is 25.6 Å². The summed E-state index contributed by atoms with van der Waals surface area (Å²) in [7, 11) is 4.26. The van der Waals surface area contributed by atoms with Gasteiger partial charge in [-0.3, -0.25) is 9.69 Å². The fraction of sp³-hybridized carbons (Fsp3) is 0.408. The largest absolute Gasteiger partial charge is 0.488 e. The van der Waals surface area contributed by atoms with Crippen molar-refractivity contribution in [3.8, 4) is 28.1 Å². The Kier molecular flexibility index (Phi) is 12.2. The van der Waals surface area contributed by atoms with E-state index in [0.29, 0.717) is 50.0 Å². The Morgan fingerprint density at radius 2 is 1.68 bits per heavy atom. The van der Waals surface area contributed by atoms with Crippen molar-refractivity contribution in [2.24, 2.45) is 17.8 Å². The molecule has 0 radical (unpaired) electrons. The van der Waals surface area contributed by atoms with Crippen molar-refractivity contribution < 1.29 is 38.4 Å². The molecule has 16 heteroatoms. The number of nitrogens with zero attached hydrogens (tertiary/aromatic N) is 4. The number of aromatic amines is 2. The SMILES string of the molecule is COCC1CC(c2nc3c(ccc4cc5c(cc43)OCc3cc(-c4cnc(C6CC(C)CN6C(O)C(NC(=O)OC)C(C)C)[nH]4)ccc3-5)[nH]2)N(C(=O)C(NC(=O)OC)c2ccccc2)C1. The number of nitrogens with one attached hydrogen (secondary N) is 4. The lowest BCUT2D eigenvalue weighted by molar-refractivity contribution is -0.134. The number of hydrogen-bond acceptors (Lipinski definition) is 11. The number of H-pyrrole nitrogens is 2. The fourth-order valence-electron chi connectivity index (χ4n) is 9.97. The van der Waals surface area contributed by atoms with E-state index < -0.39 is 36.5 Å². The van der Waals surface area contributed by atoms with Crippen LogP contribution in [0.3, 0.4) is 0 Å². The molecule has 0 bridgehead atoms.